The van der Waals surface area contributed by atoms with Crippen molar-refractivity contribution in [3.05, 3.63) is 92.2 Å². The van der Waals surface area contributed by atoms with Gasteiger partial charge in [-0.15, -0.1) is 0 Å². The van der Waals surface area contributed by atoms with Crippen LogP contribution in [0.2, 0.25) is 0 Å². The van der Waals surface area contributed by atoms with Crippen molar-refractivity contribution in [3.63, 3.8) is 0 Å². The summed E-state index contributed by atoms with van der Waals surface area (Å²) in [6.07, 6.45) is 1.45. The highest BCUT2D eigenvalue weighted by Gasteiger charge is 2.12. The molecule has 0 radical (unpaired) electrons. The summed E-state index contributed by atoms with van der Waals surface area (Å²) in [6, 6.07) is 13.2. The number of hydrogen-bond acceptors (Lipinski definition) is 6. The summed E-state index contributed by atoms with van der Waals surface area (Å²) in [6.45, 7) is 0. The maximum Gasteiger partial charge on any atom is 0.335 e. The predicted octanol–water partition coefficient (Wildman–Crippen LogP) is 4.53. The number of fused-ring (bicyclic) bond motifs is 1. The van der Waals surface area contributed by atoms with Crippen LogP contribution in [0.3, 0.4) is 0 Å². The first-order valence-corrected chi connectivity index (χ1v) is 9.19. The molecular formula is C21H12ClN3O6. The van der Waals surface area contributed by atoms with Crippen molar-refractivity contribution in [2.75, 3.05) is 0 Å². The predicted molar refractivity (Wildman–Crippen MR) is 114 cm³/mol. The average Bonchev–Trinajstić information content (AvgIpc) is 3.21. The van der Waals surface area contributed by atoms with Crippen LogP contribution in [-0.4, -0.2) is 26.0 Å². The molecule has 2 aromatic heterocycles. The topological polar surface area (TPSA) is 139 Å². The number of hydrogen-bond donors (Lipinski definition) is 2. The fourth-order valence-electron chi connectivity index (χ4n) is 2.91. The Kier molecular flexibility index (Phi) is 5.10. The van der Waals surface area contributed by atoms with Gasteiger partial charge < -0.3 is 14.5 Å². The molecule has 0 fully saturated rings. The molecule has 4 rings (SSSR count). The molecule has 0 saturated heterocycles. The summed E-state index contributed by atoms with van der Waals surface area (Å²) in [5.74, 6) is -0.256. The van der Waals surface area contributed by atoms with Gasteiger partial charge in [-0.2, -0.15) is 0 Å². The van der Waals surface area contributed by atoms with Crippen molar-refractivity contribution in [1.82, 2.24) is 9.97 Å². The number of rotatable bonds is 5. The lowest BCUT2D eigenvalue weighted by Crippen LogP contribution is -2.11. The molecule has 0 spiro atoms. The molecule has 2 aromatic carbocycles. The first-order valence-electron chi connectivity index (χ1n) is 8.81. The number of aromatic nitrogens is 2. The summed E-state index contributed by atoms with van der Waals surface area (Å²) in [4.78, 5) is 40.5. The lowest BCUT2D eigenvalue weighted by molar-refractivity contribution is -0.384. The van der Waals surface area contributed by atoms with Crippen LogP contribution >= 0.6 is 11.6 Å². The number of carbonyl (C=O) groups is 1. The van der Waals surface area contributed by atoms with E-state index in [1.807, 2.05) is 0 Å². The van der Waals surface area contributed by atoms with E-state index >= 15 is 0 Å². The lowest BCUT2D eigenvalue weighted by Gasteiger charge is -2.03. The highest BCUT2D eigenvalue weighted by Crippen LogP contribution is 2.27. The van der Waals surface area contributed by atoms with Gasteiger partial charge in [0.1, 0.15) is 11.5 Å². The Morgan fingerprint density at radius 2 is 1.90 bits per heavy atom. The van der Waals surface area contributed by atoms with Crippen molar-refractivity contribution in [1.29, 1.82) is 0 Å². The van der Waals surface area contributed by atoms with Gasteiger partial charge in [-0.3, -0.25) is 14.9 Å². The van der Waals surface area contributed by atoms with Gasteiger partial charge in [0.25, 0.3) is 11.2 Å². The van der Waals surface area contributed by atoms with Crippen LogP contribution in [0.1, 0.15) is 21.9 Å². The molecule has 0 amide bonds. The van der Waals surface area contributed by atoms with Crippen LogP contribution in [0.4, 0.5) is 5.69 Å². The van der Waals surface area contributed by atoms with Crippen molar-refractivity contribution in [2.24, 2.45) is 0 Å². The van der Waals surface area contributed by atoms with Gasteiger partial charge >= 0.3 is 5.97 Å². The molecule has 0 atom stereocenters. The fourth-order valence-corrected chi connectivity index (χ4v) is 3.11. The van der Waals surface area contributed by atoms with Crippen LogP contribution in [0.15, 0.2) is 63.8 Å². The SMILES string of the molecule is O=C(O)c1ccc2c(=O)[nH]c(/C(Cl)=C/c3ccc(-c4ccc([N+](=O)[O-])cc4)o3)nc2c1. The monoisotopic (exact) mass is 437 g/mol. The van der Waals surface area contributed by atoms with Crippen molar-refractivity contribution >= 4 is 45.3 Å². The summed E-state index contributed by atoms with van der Waals surface area (Å²) >= 11 is 6.30. The zero-order chi connectivity index (χ0) is 22.1. The lowest BCUT2D eigenvalue weighted by atomic mass is 10.1. The van der Waals surface area contributed by atoms with Crippen molar-refractivity contribution < 1.29 is 19.2 Å². The minimum absolute atomic E-state index is 0.00423. The largest absolute Gasteiger partial charge is 0.478 e. The van der Waals surface area contributed by atoms with E-state index in [1.165, 1.54) is 36.4 Å². The zero-order valence-corrected chi connectivity index (χ0v) is 16.3. The number of aromatic amines is 1. The van der Waals surface area contributed by atoms with Gasteiger partial charge in [0.05, 0.1) is 26.4 Å². The van der Waals surface area contributed by atoms with Gasteiger partial charge in [-0.25, -0.2) is 9.78 Å². The second-order valence-electron chi connectivity index (χ2n) is 6.45. The second kappa shape index (κ2) is 7.88. The van der Waals surface area contributed by atoms with Crippen LogP contribution in [-0.2, 0) is 0 Å². The third kappa shape index (κ3) is 4.07. The number of nitrogens with zero attached hydrogens (tertiary/aromatic N) is 2. The van der Waals surface area contributed by atoms with E-state index < -0.39 is 16.5 Å². The highest BCUT2D eigenvalue weighted by molar-refractivity contribution is 6.50. The summed E-state index contributed by atoms with van der Waals surface area (Å²) < 4.78 is 5.70. The number of carboxylic acid groups (broad SMARTS) is 1. The highest BCUT2D eigenvalue weighted by atomic mass is 35.5. The Morgan fingerprint density at radius 1 is 1.16 bits per heavy atom. The summed E-state index contributed by atoms with van der Waals surface area (Å²) in [5, 5.41) is 20.2. The number of benzene rings is 2. The van der Waals surface area contributed by atoms with Crippen molar-refractivity contribution in [2.45, 2.75) is 0 Å². The van der Waals surface area contributed by atoms with Gasteiger partial charge in [-0.1, -0.05) is 11.6 Å². The smallest absolute Gasteiger partial charge is 0.335 e. The minimum atomic E-state index is -1.14. The molecule has 0 unspecified atom stereocenters. The average molecular weight is 438 g/mol. The molecule has 154 valence electrons. The number of nitrogens with one attached hydrogen (secondary N) is 1. The van der Waals surface area contributed by atoms with E-state index in [-0.39, 0.29) is 33.0 Å². The Balaban J connectivity index is 1.66. The molecule has 0 bridgehead atoms. The number of carboxylic acids is 1. The molecule has 0 aliphatic heterocycles. The Hall–Kier alpha value is -4.24. The zero-order valence-electron chi connectivity index (χ0n) is 15.5. The number of aromatic carboxylic acids is 1. The quantitative estimate of drug-likeness (QED) is 0.345. The molecule has 0 aliphatic rings. The standard InChI is InChI=1S/C21H12ClN3O6/c22-16(19-23-17-9-12(21(27)28)3-7-15(17)20(26)24-19)10-14-6-8-18(31-14)11-1-4-13(5-2-11)25(29)30/h1-10H,(H,27,28)(H,23,24,26)/b16-10-. The maximum atomic E-state index is 12.3. The van der Waals surface area contributed by atoms with Crippen LogP contribution in [0.25, 0.3) is 33.3 Å². The van der Waals surface area contributed by atoms with Gasteiger partial charge in [0, 0.05) is 23.8 Å². The first-order chi connectivity index (χ1) is 14.8. The second-order valence-corrected chi connectivity index (χ2v) is 6.86. The van der Waals surface area contributed by atoms with E-state index in [0.29, 0.717) is 17.1 Å². The minimum Gasteiger partial charge on any atom is -0.478 e. The number of nitro groups is 1. The molecular weight excluding hydrogens is 426 g/mol. The van der Waals surface area contributed by atoms with Crippen LogP contribution < -0.4 is 5.56 Å². The van der Waals surface area contributed by atoms with Crippen LogP contribution in [0.5, 0.6) is 0 Å². The Morgan fingerprint density at radius 3 is 2.58 bits per heavy atom. The molecule has 10 heteroatoms. The van der Waals surface area contributed by atoms with E-state index in [4.69, 9.17) is 21.1 Å². The fraction of sp³-hybridized carbons (Fsp3) is 0. The molecule has 31 heavy (non-hydrogen) atoms. The third-order valence-corrected chi connectivity index (χ3v) is 4.73. The summed E-state index contributed by atoms with van der Waals surface area (Å²) in [7, 11) is 0. The normalized spacial score (nSPS) is 11.6. The molecule has 2 heterocycles. The molecule has 4 aromatic rings. The Bertz CT molecular complexity index is 1420. The van der Waals surface area contributed by atoms with E-state index in [1.54, 1.807) is 24.3 Å². The van der Waals surface area contributed by atoms with E-state index in [0.717, 1.165) is 0 Å². The molecule has 2 N–H and O–H groups in total. The number of H-pyrrole nitrogens is 1. The number of halogens is 1. The Labute approximate surface area is 178 Å². The summed E-state index contributed by atoms with van der Waals surface area (Å²) in [5.41, 5.74) is 0.330. The van der Waals surface area contributed by atoms with Gasteiger partial charge in [0.15, 0.2) is 5.82 Å². The third-order valence-electron chi connectivity index (χ3n) is 4.44. The van der Waals surface area contributed by atoms with Gasteiger partial charge in [0.2, 0.25) is 0 Å². The van der Waals surface area contributed by atoms with Crippen molar-refractivity contribution in [3.8, 4) is 11.3 Å². The van der Waals surface area contributed by atoms with E-state index in [2.05, 4.69) is 9.97 Å². The maximum absolute atomic E-state index is 12.3. The number of non-ortho nitro benzene ring substituents is 1. The first kappa shape index (κ1) is 20.0. The number of nitro benzene ring substituents is 1. The molecule has 9 nitrogen and oxygen atoms in total. The van der Waals surface area contributed by atoms with Crippen LogP contribution in [0, 0.1) is 10.1 Å². The molecule has 0 aliphatic carbocycles. The molecule has 0 saturated carbocycles. The number of furan rings is 1. The van der Waals surface area contributed by atoms with Gasteiger partial charge in [-0.05, 0) is 42.5 Å². The van der Waals surface area contributed by atoms with E-state index in [9.17, 15) is 19.7 Å².